The first-order chi connectivity index (χ1) is 9.22. The Kier molecular flexibility index (Phi) is 2.72. The van der Waals surface area contributed by atoms with Crippen LogP contribution in [0.5, 0.6) is 0 Å². The molecule has 2 heterocycles. The third-order valence-electron chi connectivity index (χ3n) is 2.75. The van der Waals surface area contributed by atoms with Crippen molar-refractivity contribution in [2.75, 3.05) is 5.32 Å². The predicted molar refractivity (Wildman–Crippen MR) is 70.9 cm³/mol. The van der Waals surface area contributed by atoms with Crippen LogP contribution in [0, 0.1) is 6.92 Å². The highest BCUT2D eigenvalue weighted by Crippen LogP contribution is 2.15. The third kappa shape index (κ3) is 2.30. The van der Waals surface area contributed by atoms with Crippen molar-refractivity contribution in [3.8, 4) is 0 Å². The van der Waals surface area contributed by atoms with Crippen LogP contribution in [-0.4, -0.2) is 15.9 Å². The molecule has 1 aromatic carbocycles. The van der Waals surface area contributed by atoms with E-state index in [9.17, 15) is 4.79 Å². The fourth-order valence-corrected chi connectivity index (χ4v) is 1.73. The second-order valence-corrected chi connectivity index (χ2v) is 4.21. The molecular weight excluding hydrogens is 242 g/mol. The van der Waals surface area contributed by atoms with Crippen molar-refractivity contribution in [2.24, 2.45) is 0 Å². The quantitative estimate of drug-likeness (QED) is 0.762. The lowest BCUT2D eigenvalue weighted by atomic mass is 10.2. The van der Waals surface area contributed by atoms with Crippen LogP contribution in [0.3, 0.4) is 0 Å². The van der Waals surface area contributed by atoms with Gasteiger partial charge in [-0.3, -0.25) is 4.79 Å². The Morgan fingerprint density at radius 1 is 1.21 bits per heavy atom. The summed E-state index contributed by atoms with van der Waals surface area (Å²) in [6.07, 6.45) is 3.06. The van der Waals surface area contributed by atoms with Crippen LogP contribution >= 0.6 is 0 Å². The standard InChI is InChI=1S/C14H11N3O2/c1-9-2-5-13(15-7-9)17-14(18)10-3-4-12-11(6-10)16-8-19-12/h2-8H,1H3,(H,15,17,18). The van der Waals surface area contributed by atoms with Gasteiger partial charge in [0.25, 0.3) is 5.91 Å². The summed E-state index contributed by atoms with van der Waals surface area (Å²) in [6, 6.07) is 8.75. The van der Waals surface area contributed by atoms with Gasteiger partial charge in [0, 0.05) is 11.8 Å². The predicted octanol–water partition coefficient (Wildman–Crippen LogP) is 2.78. The summed E-state index contributed by atoms with van der Waals surface area (Å²) in [5.41, 5.74) is 2.88. The van der Waals surface area contributed by atoms with E-state index < -0.39 is 0 Å². The first-order valence-electron chi connectivity index (χ1n) is 5.79. The third-order valence-corrected chi connectivity index (χ3v) is 2.75. The van der Waals surface area contributed by atoms with Crippen molar-refractivity contribution in [2.45, 2.75) is 6.92 Å². The molecule has 3 rings (SSSR count). The average Bonchev–Trinajstić information content (AvgIpc) is 2.88. The molecule has 5 nitrogen and oxygen atoms in total. The molecule has 0 aliphatic carbocycles. The maximum atomic E-state index is 12.1. The molecule has 5 heteroatoms. The molecule has 1 N–H and O–H groups in total. The molecular formula is C14H11N3O2. The molecule has 3 aromatic rings. The summed E-state index contributed by atoms with van der Waals surface area (Å²) in [6.45, 7) is 1.94. The summed E-state index contributed by atoms with van der Waals surface area (Å²) >= 11 is 0. The number of fused-ring (bicyclic) bond motifs is 1. The minimum Gasteiger partial charge on any atom is -0.443 e. The topological polar surface area (TPSA) is 68.0 Å². The van der Waals surface area contributed by atoms with Crippen LogP contribution in [-0.2, 0) is 0 Å². The maximum Gasteiger partial charge on any atom is 0.256 e. The number of hydrogen-bond acceptors (Lipinski definition) is 4. The Hall–Kier alpha value is -2.69. The number of hydrogen-bond donors (Lipinski definition) is 1. The highest BCUT2D eigenvalue weighted by atomic mass is 16.3. The van der Waals surface area contributed by atoms with E-state index in [1.807, 2.05) is 13.0 Å². The number of benzene rings is 1. The second kappa shape index (κ2) is 4.53. The van der Waals surface area contributed by atoms with E-state index in [2.05, 4.69) is 15.3 Å². The molecule has 0 saturated carbocycles. The molecule has 1 amide bonds. The van der Waals surface area contributed by atoms with Crippen molar-refractivity contribution in [1.29, 1.82) is 0 Å². The Balaban J connectivity index is 1.84. The average molecular weight is 253 g/mol. The van der Waals surface area contributed by atoms with Gasteiger partial charge < -0.3 is 9.73 Å². The van der Waals surface area contributed by atoms with Gasteiger partial charge >= 0.3 is 0 Å². The number of rotatable bonds is 2. The maximum absolute atomic E-state index is 12.1. The number of carbonyl (C=O) groups excluding carboxylic acids is 1. The number of oxazole rings is 1. The summed E-state index contributed by atoms with van der Waals surface area (Å²) in [4.78, 5) is 20.2. The fraction of sp³-hybridized carbons (Fsp3) is 0.0714. The summed E-state index contributed by atoms with van der Waals surface area (Å²) in [7, 11) is 0. The van der Waals surface area contributed by atoms with Crippen molar-refractivity contribution in [3.05, 3.63) is 54.0 Å². The molecule has 0 unspecified atom stereocenters. The van der Waals surface area contributed by atoms with Crippen LogP contribution in [0.25, 0.3) is 11.1 Å². The monoisotopic (exact) mass is 253 g/mol. The van der Waals surface area contributed by atoms with Gasteiger partial charge in [-0.25, -0.2) is 9.97 Å². The van der Waals surface area contributed by atoms with Gasteiger partial charge in [-0.2, -0.15) is 0 Å². The summed E-state index contributed by atoms with van der Waals surface area (Å²) in [5, 5.41) is 2.73. The van der Waals surface area contributed by atoms with E-state index in [4.69, 9.17) is 4.42 Å². The molecule has 0 spiro atoms. The minimum absolute atomic E-state index is 0.221. The number of aromatic nitrogens is 2. The molecule has 0 bridgehead atoms. The smallest absolute Gasteiger partial charge is 0.256 e. The lowest BCUT2D eigenvalue weighted by Crippen LogP contribution is -2.12. The van der Waals surface area contributed by atoms with Gasteiger partial charge in [0.05, 0.1) is 0 Å². The van der Waals surface area contributed by atoms with Crippen molar-refractivity contribution < 1.29 is 9.21 Å². The Morgan fingerprint density at radius 3 is 2.89 bits per heavy atom. The minimum atomic E-state index is -0.221. The summed E-state index contributed by atoms with van der Waals surface area (Å²) in [5.74, 6) is 0.303. The molecule has 94 valence electrons. The Morgan fingerprint density at radius 2 is 2.11 bits per heavy atom. The molecule has 0 aliphatic rings. The van der Waals surface area contributed by atoms with Gasteiger partial charge in [-0.15, -0.1) is 0 Å². The van der Waals surface area contributed by atoms with Gasteiger partial charge in [0.15, 0.2) is 12.0 Å². The lowest BCUT2D eigenvalue weighted by molar-refractivity contribution is 0.102. The zero-order chi connectivity index (χ0) is 13.2. The van der Waals surface area contributed by atoms with E-state index >= 15 is 0 Å². The normalized spacial score (nSPS) is 10.6. The van der Waals surface area contributed by atoms with Crippen LogP contribution < -0.4 is 5.32 Å². The van der Waals surface area contributed by atoms with Crippen molar-refractivity contribution in [3.63, 3.8) is 0 Å². The molecule has 0 fully saturated rings. The number of pyridine rings is 1. The van der Waals surface area contributed by atoms with Gasteiger partial charge in [-0.1, -0.05) is 6.07 Å². The van der Waals surface area contributed by atoms with E-state index in [0.717, 1.165) is 5.56 Å². The number of amides is 1. The highest BCUT2D eigenvalue weighted by Gasteiger charge is 2.09. The van der Waals surface area contributed by atoms with E-state index in [1.165, 1.54) is 6.39 Å². The number of aryl methyl sites for hydroxylation is 1. The largest absolute Gasteiger partial charge is 0.443 e. The Bertz CT molecular complexity index is 732. The van der Waals surface area contributed by atoms with Gasteiger partial charge in [0.1, 0.15) is 11.3 Å². The number of nitrogens with one attached hydrogen (secondary N) is 1. The first kappa shape index (κ1) is 11.4. The van der Waals surface area contributed by atoms with Crippen molar-refractivity contribution in [1.82, 2.24) is 9.97 Å². The fourth-order valence-electron chi connectivity index (χ4n) is 1.73. The van der Waals surface area contributed by atoms with Crippen LogP contribution in [0.2, 0.25) is 0 Å². The molecule has 0 aliphatic heterocycles. The number of nitrogens with zero attached hydrogens (tertiary/aromatic N) is 2. The van der Waals surface area contributed by atoms with E-state index in [0.29, 0.717) is 22.5 Å². The van der Waals surface area contributed by atoms with Crippen LogP contribution in [0.1, 0.15) is 15.9 Å². The Labute approximate surface area is 109 Å². The first-order valence-corrected chi connectivity index (χ1v) is 5.79. The summed E-state index contributed by atoms with van der Waals surface area (Å²) < 4.78 is 5.13. The second-order valence-electron chi connectivity index (χ2n) is 4.21. The molecule has 0 saturated heterocycles. The van der Waals surface area contributed by atoms with Gasteiger partial charge in [0.2, 0.25) is 0 Å². The van der Waals surface area contributed by atoms with Crippen molar-refractivity contribution >= 4 is 22.8 Å². The number of carbonyl (C=O) groups is 1. The molecule has 19 heavy (non-hydrogen) atoms. The highest BCUT2D eigenvalue weighted by molar-refractivity contribution is 6.05. The van der Waals surface area contributed by atoms with Crippen LogP contribution in [0.4, 0.5) is 5.82 Å². The van der Waals surface area contributed by atoms with Crippen LogP contribution in [0.15, 0.2) is 47.3 Å². The zero-order valence-electron chi connectivity index (χ0n) is 10.3. The number of anilines is 1. The molecule has 0 radical (unpaired) electrons. The van der Waals surface area contributed by atoms with E-state index in [1.54, 1.807) is 30.5 Å². The SMILES string of the molecule is Cc1ccc(NC(=O)c2ccc3ocnc3c2)nc1. The molecule has 2 aromatic heterocycles. The zero-order valence-corrected chi connectivity index (χ0v) is 10.3. The van der Waals surface area contributed by atoms with E-state index in [-0.39, 0.29) is 5.91 Å². The lowest BCUT2D eigenvalue weighted by Gasteiger charge is -2.04. The molecule has 0 atom stereocenters. The van der Waals surface area contributed by atoms with Gasteiger partial charge in [-0.05, 0) is 36.8 Å².